The molecule has 2 aromatic heterocycles. The molecular formula is C21H19N4+. The monoisotopic (exact) mass is 327 g/mol. The second-order valence-corrected chi connectivity index (χ2v) is 6.79. The van der Waals surface area contributed by atoms with E-state index in [1.165, 1.54) is 38.8 Å². The second kappa shape index (κ2) is 4.99. The minimum atomic E-state index is 0.879. The molecule has 0 atom stereocenters. The molecule has 4 heteroatoms. The van der Waals surface area contributed by atoms with Crippen LogP contribution in [0.1, 0.15) is 22.6 Å². The van der Waals surface area contributed by atoms with E-state index in [1.54, 1.807) is 0 Å². The van der Waals surface area contributed by atoms with Gasteiger partial charge in [-0.1, -0.05) is 29.2 Å². The highest BCUT2D eigenvalue weighted by atomic mass is 15.1. The van der Waals surface area contributed by atoms with Gasteiger partial charge in [0.25, 0.3) is 6.33 Å². The van der Waals surface area contributed by atoms with Crippen molar-refractivity contribution in [3.63, 3.8) is 0 Å². The maximum atomic E-state index is 4.57. The van der Waals surface area contributed by atoms with E-state index in [2.05, 4.69) is 69.6 Å². The number of hydrogen-bond donors (Lipinski definition) is 0. The average molecular weight is 327 g/mol. The molecule has 0 unspecified atom stereocenters. The normalized spacial score (nSPS) is 12.4. The maximum Gasteiger partial charge on any atom is 0.286 e. The van der Waals surface area contributed by atoms with Crippen molar-refractivity contribution in [3.05, 3.63) is 71.7 Å². The first kappa shape index (κ1) is 14.3. The largest absolute Gasteiger partial charge is 0.302 e. The van der Waals surface area contributed by atoms with Crippen LogP contribution < -0.4 is 4.57 Å². The molecule has 4 aromatic rings. The lowest BCUT2D eigenvalue weighted by molar-refractivity contribution is -0.663. The predicted molar refractivity (Wildman–Crippen MR) is 97.8 cm³/mol. The fourth-order valence-electron chi connectivity index (χ4n) is 4.07. The number of aromatic nitrogens is 4. The van der Waals surface area contributed by atoms with Gasteiger partial charge >= 0.3 is 0 Å². The molecule has 0 fully saturated rings. The number of benzene rings is 2. The molecule has 5 rings (SSSR count). The van der Waals surface area contributed by atoms with E-state index >= 15 is 0 Å². The van der Waals surface area contributed by atoms with Crippen LogP contribution in [0.2, 0.25) is 0 Å². The van der Waals surface area contributed by atoms with Gasteiger partial charge in [0.15, 0.2) is 5.69 Å². The van der Waals surface area contributed by atoms with Gasteiger partial charge in [0.2, 0.25) is 0 Å². The van der Waals surface area contributed by atoms with Crippen LogP contribution in [-0.2, 0) is 13.5 Å². The summed E-state index contributed by atoms with van der Waals surface area (Å²) in [7, 11) is 2.06. The molecule has 25 heavy (non-hydrogen) atoms. The quantitative estimate of drug-likeness (QED) is 0.442. The smallest absolute Gasteiger partial charge is 0.286 e. The summed E-state index contributed by atoms with van der Waals surface area (Å²) >= 11 is 0. The molecule has 3 heterocycles. The Hall–Kier alpha value is -3.01. The highest BCUT2D eigenvalue weighted by molar-refractivity contribution is 5.99. The van der Waals surface area contributed by atoms with Gasteiger partial charge in [-0.25, -0.2) is 9.55 Å². The van der Waals surface area contributed by atoms with E-state index in [9.17, 15) is 0 Å². The topological polar surface area (TPSA) is 34.6 Å². The molecule has 0 bridgehead atoms. The van der Waals surface area contributed by atoms with Crippen LogP contribution in [0.25, 0.3) is 27.7 Å². The van der Waals surface area contributed by atoms with Gasteiger partial charge in [-0.3, -0.25) is 0 Å². The first-order valence-electron chi connectivity index (χ1n) is 8.54. The van der Waals surface area contributed by atoms with Gasteiger partial charge in [0.1, 0.15) is 11.5 Å². The van der Waals surface area contributed by atoms with Crippen molar-refractivity contribution >= 4 is 10.8 Å². The number of rotatable bonds is 1. The van der Waals surface area contributed by atoms with E-state index < -0.39 is 0 Å². The van der Waals surface area contributed by atoms with Crippen LogP contribution in [0.15, 0.2) is 49.1 Å². The summed E-state index contributed by atoms with van der Waals surface area (Å²) in [6.45, 7) is 4.27. The third-order valence-electron chi connectivity index (χ3n) is 5.26. The van der Waals surface area contributed by atoms with Gasteiger partial charge < -0.3 is 4.57 Å². The number of hydrogen-bond acceptors (Lipinski definition) is 2. The van der Waals surface area contributed by atoms with E-state index in [0.717, 1.165) is 17.9 Å². The summed E-state index contributed by atoms with van der Waals surface area (Å²) in [4.78, 5) is 9.00. The van der Waals surface area contributed by atoms with E-state index in [1.807, 2.05) is 19.4 Å². The Morgan fingerprint density at radius 3 is 2.72 bits per heavy atom. The van der Waals surface area contributed by atoms with Gasteiger partial charge in [0, 0.05) is 37.4 Å². The van der Waals surface area contributed by atoms with Gasteiger partial charge in [0.05, 0.1) is 12.7 Å². The van der Waals surface area contributed by atoms with Crippen molar-refractivity contribution < 1.29 is 4.57 Å². The molecule has 2 aromatic carbocycles. The van der Waals surface area contributed by atoms with Crippen molar-refractivity contribution in [2.75, 3.05) is 0 Å². The van der Waals surface area contributed by atoms with Gasteiger partial charge in [-0.05, 0) is 28.8 Å². The highest BCUT2D eigenvalue weighted by Crippen LogP contribution is 2.42. The zero-order valence-electron chi connectivity index (χ0n) is 14.6. The minimum Gasteiger partial charge on any atom is -0.302 e. The summed E-state index contributed by atoms with van der Waals surface area (Å²) in [6, 6.07) is 10.9. The summed E-state index contributed by atoms with van der Waals surface area (Å²) in [6.07, 6.45) is 6.75. The zero-order chi connectivity index (χ0) is 17.1. The fourth-order valence-corrected chi connectivity index (χ4v) is 4.07. The summed E-state index contributed by atoms with van der Waals surface area (Å²) < 4.78 is 4.36. The van der Waals surface area contributed by atoms with E-state index in [4.69, 9.17) is 0 Å². The predicted octanol–water partition coefficient (Wildman–Crippen LogP) is 3.43. The summed E-state index contributed by atoms with van der Waals surface area (Å²) in [5.41, 5.74) is 7.43. The SMILES string of the molecule is Cc1cc(-c2c3c(c4ccccc4c2C)Cc2nccn2-3)[n+](C)cn1. The van der Waals surface area contributed by atoms with Gasteiger partial charge in [-0.2, -0.15) is 0 Å². The summed E-state index contributed by atoms with van der Waals surface area (Å²) in [5.74, 6) is 1.11. The molecule has 0 saturated heterocycles. The molecule has 4 nitrogen and oxygen atoms in total. The molecular weight excluding hydrogens is 308 g/mol. The Morgan fingerprint density at radius 2 is 1.88 bits per heavy atom. The second-order valence-electron chi connectivity index (χ2n) is 6.79. The van der Waals surface area contributed by atoms with Crippen LogP contribution in [-0.4, -0.2) is 14.5 Å². The molecule has 0 N–H and O–H groups in total. The minimum absolute atomic E-state index is 0.879. The Morgan fingerprint density at radius 1 is 1.08 bits per heavy atom. The average Bonchev–Trinajstić information content (AvgIpc) is 3.20. The first-order valence-corrected chi connectivity index (χ1v) is 8.54. The molecule has 1 aliphatic rings. The molecule has 0 spiro atoms. The van der Waals surface area contributed by atoms with Crippen molar-refractivity contribution in [2.24, 2.45) is 7.05 Å². The zero-order valence-corrected chi connectivity index (χ0v) is 14.6. The van der Waals surface area contributed by atoms with Crippen LogP contribution in [0.3, 0.4) is 0 Å². The van der Waals surface area contributed by atoms with Crippen LogP contribution in [0, 0.1) is 13.8 Å². The number of imidazole rings is 1. The molecule has 0 radical (unpaired) electrons. The third-order valence-corrected chi connectivity index (χ3v) is 5.26. The Bertz CT molecular complexity index is 1150. The molecule has 1 aliphatic heterocycles. The first-order chi connectivity index (χ1) is 12.1. The molecule has 0 aliphatic carbocycles. The lowest BCUT2D eigenvalue weighted by Gasteiger charge is -2.17. The number of aryl methyl sites for hydroxylation is 3. The fraction of sp³-hybridized carbons (Fsp3) is 0.190. The third kappa shape index (κ3) is 1.91. The van der Waals surface area contributed by atoms with Crippen LogP contribution >= 0.6 is 0 Å². The van der Waals surface area contributed by atoms with Crippen molar-refractivity contribution in [1.29, 1.82) is 0 Å². The molecule has 0 saturated carbocycles. The van der Waals surface area contributed by atoms with Crippen molar-refractivity contribution in [3.8, 4) is 16.9 Å². The van der Waals surface area contributed by atoms with Crippen molar-refractivity contribution in [1.82, 2.24) is 14.5 Å². The van der Waals surface area contributed by atoms with E-state index in [0.29, 0.717) is 0 Å². The van der Waals surface area contributed by atoms with Crippen molar-refractivity contribution in [2.45, 2.75) is 20.3 Å². The number of fused-ring (bicyclic) bond motifs is 5. The Balaban J connectivity index is 1.99. The highest BCUT2D eigenvalue weighted by Gasteiger charge is 2.29. The molecule has 0 amide bonds. The van der Waals surface area contributed by atoms with Crippen LogP contribution in [0.4, 0.5) is 0 Å². The van der Waals surface area contributed by atoms with Crippen LogP contribution in [0.5, 0.6) is 0 Å². The number of nitrogens with zero attached hydrogens (tertiary/aromatic N) is 4. The standard InChI is InChI=1S/C21H19N4/c1-13-10-18(24(3)12-23-13)20-14(2)15-6-4-5-7-16(15)17-11-19-22-8-9-25(19)21(17)20/h4-10,12H,11H2,1-3H3/q+1. The lowest BCUT2D eigenvalue weighted by Crippen LogP contribution is -2.32. The van der Waals surface area contributed by atoms with Gasteiger partial charge in [-0.15, -0.1) is 0 Å². The summed E-state index contributed by atoms with van der Waals surface area (Å²) in [5, 5.41) is 2.65. The molecule has 122 valence electrons. The maximum absolute atomic E-state index is 4.57. The Kier molecular flexibility index (Phi) is 2.86. The Labute approximate surface area is 146 Å². The van der Waals surface area contributed by atoms with E-state index in [-0.39, 0.29) is 0 Å². The lowest BCUT2D eigenvalue weighted by atomic mass is 9.91.